The maximum atomic E-state index is 11.9. The van der Waals surface area contributed by atoms with Crippen LogP contribution in [0.25, 0.3) is 0 Å². The van der Waals surface area contributed by atoms with Crippen LogP contribution in [0.15, 0.2) is 36.0 Å². The fraction of sp³-hybridized carbons (Fsp3) is 0.357. The van der Waals surface area contributed by atoms with Crippen molar-refractivity contribution in [2.45, 2.75) is 0 Å². The summed E-state index contributed by atoms with van der Waals surface area (Å²) in [4.78, 5) is 22.9. The van der Waals surface area contributed by atoms with Crippen LogP contribution < -0.4 is 20.1 Å². The van der Waals surface area contributed by atoms with Crippen molar-refractivity contribution >= 4 is 28.2 Å². The Morgan fingerprint density at radius 2 is 2.29 bits per heavy atom. The number of hydrogen-bond donors (Lipinski definition) is 2. The maximum absolute atomic E-state index is 11.9. The zero-order chi connectivity index (χ0) is 14.5. The van der Waals surface area contributed by atoms with E-state index < -0.39 is 0 Å². The summed E-state index contributed by atoms with van der Waals surface area (Å²) in [5.41, 5.74) is 0. The van der Waals surface area contributed by atoms with Gasteiger partial charge in [-0.05, 0) is 6.07 Å². The van der Waals surface area contributed by atoms with Gasteiger partial charge in [-0.25, -0.2) is 9.97 Å². The average molecular weight is 305 g/mol. The summed E-state index contributed by atoms with van der Waals surface area (Å²) in [5.74, 6) is 1.18. The molecule has 2 aromatic rings. The van der Waals surface area contributed by atoms with Gasteiger partial charge in [0.15, 0.2) is 11.7 Å². The van der Waals surface area contributed by atoms with E-state index in [1.165, 1.54) is 16.2 Å². The third-order valence-electron chi connectivity index (χ3n) is 3.59. The number of nitrogens with zero attached hydrogens (tertiary/aromatic N) is 2. The van der Waals surface area contributed by atoms with E-state index in [0.29, 0.717) is 11.7 Å². The lowest BCUT2D eigenvalue weighted by Crippen LogP contribution is -3.15. The summed E-state index contributed by atoms with van der Waals surface area (Å²) in [6, 6.07) is 6.10. The molecule has 0 aliphatic carbocycles. The number of aromatic amines is 1. The van der Waals surface area contributed by atoms with Crippen LogP contribution in [-0.2, 0) is 4.79 Å². The molecule has 3 heterocycles. The first-order valence-electron chi connectivity index (χ1n) is 7.06. The maximum Gasteiger partial charge on any atom is 0.281 e. The Morgan fingerprint density at radius 3 is 2.95 bits per heavy atom. The summed E-state index contributed by atoms with van der Waals surface area (Å²) >= 11 is 1.45. The van der Waals surface area contributed by atoms with Gasteiger partial charge in [-0.15, -0.1) is 11.3 Å². The molecular weight excluding hydrogens is 286 g/mol. The van der Waals surface area contributed by atoms with Crippen LogP contribution in [0.5, 0.6) is 0 Å². The van der Waals surface area contributed by atoms with Gasteiger partial charge >= 0.3 is 0 Å². The number of carbonyl (C=O) groups excluding carboxylic acids is 1. The molecule has 6 nitrogen and oxygen atoms in total. The summed E-state index contributed by atoms with van der Waals surface area (Å²) in [6.07, 6.45) is 3.64. The lowest BCUT2D eigenvalue weighted by molar-refractivity contribution is -0.892. The van der Waals surface area contributed by atoms with E-state index in [9.17, 15) is 4.79 Å². The van der Waals surface area contributed by atoms with Crippen molar-refractivity contribution < 1.29 is 14.7 Å². The molecule has 7 heteroatoms. The van der Waals surface area contributed by atoms with Crippen molar-refractivity contribution in [1.29, 1.82) is 0 Å². The number of H-pyrrole nitrogens is 1. The molecule has 0 atom stereocenters. The first-order valence-corrected chi connectivity index (χ1v) is 7.94. The number of rotatable bonds is 4. The zero-order valence-electron chi connectivity index (χ0n) is 11.7. The fourth-order valence-electron chi connectivity index (χ4n) is 2.50. The van der Waals surface area contributed by atoms with E-state index in [1.807, 2.05) is 23.7 Å². The highest BCUT2D eigenvalue weighted by molar-refractivity contribution is 7.13. The van der Waals surface area contributed by atoms with Gasteiger partial charge in [-0.3, -0.25) is 15.0 Å². The Balaban J connectivity index is 1.46. The lowest BCUT2D eigenvalue weighted by Gasteiger charge is -2.27. The Bertz CT molecular complexity index is 566. The minimum absolute atomic E-state index is 0.0414. The van der Waals surface area contributed by atoms with Gasteiger partial charge in [0.1, 0.15) is 26.2 Å². The third kappa shape index (κ3) is 3.77. The largest absolute Gasteiger partial charge is 0.321 e. The topological polar surface area (TPSA) is 63.8 Å². The SMILES string of the molecule is O=C(C[NH+]1CCN(c2cccc[nH+]2)CC1)Nc1nccs1. The molecule has 2 aromatic heterocycles. The van der Waals surface area contributed by atoms with E-state index >= 15 is 0 Å². The Morgan fingerprint density at radius 1 is 1.43 bits per heavy atom. The number of thiazole rings is 1. The number of aromatic nitrogens is 2. The molecule has 1 saturated heterocycles. The molecule has 110 valence electrons. The number of nitrogens with one attached hydrogen (secondary N) is 3. The van der Waals surface area contributed by atoms with Crippen molar-refractivity contribution in [3.63, 3.8) is 0 Å². The van der Waals surface area contributed by atoms with Crippen LogP contribution >= 0.6 is 11.3 Å². The Kier molecular flexibility index (Phi) is 4.42. The molecular formula is C14H19N5OS+2. The number of carbonyl (C=O) groups is 1. The summed E-state index contributed by atoms with van der Waals surface area (Å²) in [7, 11) is 0. The first kappa shape index (κ1) is 14.0. The van der Waals surface area contributed by atoms with Gasteiger partial charge in [-0.1, -0.05) is 6.07 Å². The Hall–Kier alpha value is -1.99. The van der Waals surface area contributed by atoms with Crippen LogP contribution in [-0.4, -0.2) is 43.6 Å². The van der Waals surface area contributed by atoms with Crippen molar-refractivity contribution in [2.24, 2.45) is 0 Å². The van der Waals surface area contributed by atoms with Crippen LogP contribution in [0.1, 0.15) is 0 Å². The summed E-state index contributed by atoms with van der Waals surface area (Å²) in [6.45, 7) is 4.36. The number of hydrogen-bond acceptors (Lipinski definition) is 4. The molecule has 0 radical (unpaired) electrons. The van der Waals surface area contributed by atoms with Crippen molar-refractivity contribution in [3.8, 4) is 0 Å². The van der Waals surface area contributed by atoms with Gasteiger partial charge in [0.2, 0.25) is 0 Å². The molecule has 1 amide bonds. The summed E-state index contributed by atoms with van der Waals surface area (Å²) < 4.78 is 0. The quantitative estimate of drug-likeness (QED) is 0.785. The molecule has 1 aliphatic heterocycles. The number of quaternary nitrogens is 1. The predicted molar refractivity (Wildman–Crippen MR) is 81.5 cm³/mol. The molecule has 21 heavy (non-hydrogen) atoms. The highest BCUT2D eigenvalue weighted by Gasteiger charge is 2.27. The standard InChI is InChI=1S/C14H17N5OS/c20-13(17-14-16-5-10-21-14)11-18-6-8-19(9-7-18)12-3-1-2-4-15-12/h1-5,10H,6-9,11H2,(H,16,17,20)/p+2. The normalized spacial score (nSPS) is 15.9. The average Bonchev–Trinajstić information content (AvgIpc) is 3.02. The fourth-order valence-corrected chi connectivity index (χ4v) is 3.04. The van der Waals surface area contributed by atoms with Gasteiger partial charge in [0.05, 0.1) is 6.20 Å². The monoisotopic (exact) mass is 305 g/mol. The first-order chi connectivity index (χ1) is 10.3. The van der Waals surface area contributed by atoms with Crippen molar-refractivity contribution in [1.82, 2.24) is 4.98 Å². The number of anilines is 2. The van der Waals surface area contributed by atoms with E-state index in [1.54, 1.807) is 6.20 Å². The van der Waals surface area contributed by atoms with Crippen LogP contribution in [0.2, 0.25) is 0 Å². The van der Waals surface area contributed by atoms with Crippen LogP contribution in [0.3, 0.4) is 0 Å². The minimum Gasteiger partial charge on any atom is -0.321 e. The molecule has 1 fully saturated rings. The van der Waals surface area contributed by atoms with Gasteiger partial charge in [0, 0.05) is 17.6 Å². The second-order valence-corrected chi connectivity index (χ2v) is 5.94. The van der Waals surface area contributed by atoms with Gasteiger partial charge < -0.3 is 4.90 Å². The highest BCUT2D eigenvalue weighted by atomic mass is 32.1. The smallest absolute Gasteiger partial charge is 0.281 e. The van der Waals surface area contributed by atoms with E-state index in [4.69, 9.17) is 0 Å². The zero-order valence-corrected chi connectivity index (χ0v) is 12.5. The van der Waals surface area contributed by atoms with E-state index in [2.05, 4.69) is 26.3 Å². The lowest BCUT2D eigenvalue weighted by atomic mass is 10.3. The molecule has 3 rings (SSSR count). The molecule has 3 N–H and O–H groups in total. The van der Waals surface area contributed by atoms with Crippen LogP contribution in [0, 0.1) is 0 Å². The molecule has 0 spiro atoms. The summed E-state index contributed by atoms with van der Waals surface area (Å²) in [5, 5.41) is 5.38. The number of piperazine rings is 1. The predicted octanol–water partition coefficient (Wildman–Crippen LogP) is -0.699. The van der Waals surface area contributed by atoms with Crippen LogP contribution in [0.4, 0.5) is 10.9 Å². The minimum atomic E-state index is 0.0414. The molecule has 0 bridgehead atoms. The number of amides is 1. The second kappa shape index (κ2) is 6.64. The Labute approximate surface area is 127 Å². The number of pyridine rings is 1. The third-order valence-corrected chi connectivity index (χ3v) is 4.28. The highest BCUT2D eigenvalue weighted by Crippen LogP contribution is 2.09. The second-order valence-electron chi connectivity index (χ2n) is 5.05. The van der Waals surface area contributed by atoms with E-state index in [0.717, 1.165) is 32.0 Å². The van der Waals surface area contributed by atoms with Crippen molar-refractivity contribution in [2.75, 3.05) is 42.9 Å². The van der Waals surface area contributed by atoms with Gasteiger partial charge in [0.25, 0.3) is 11.7 Å². The molecule has 0 aromatic carbocycles. The van der Waals surface area contributed by atoms with Crippen molar-refractivity contribution in [3.05, 3.63) is 36.0 Å². The molecule has 0 saturated carbocycles. The van der Waals surface area contributed by atoms with Gasteiger partial charge in [-0.2, -0.15) is 0 Å². The molecule has 1 aliphatic rings. The molecule has 0 unspecified atom stereocenters. The van der Waals surface area contributed by atoms with E-state index in [-0.39, 0.29) is 5.91 Å².